The number of likely N-dealkylation sites (tertiary alicyclic amines) is 1. The molecule has 0 radical (unpaired) electrons. The summed E-state index contributed by atoms with van der Waals surface area (Å²) in [6.45, 7) is 4.22. The van der Waals surface area contributed by atoms with Crippen LogP contribution < -0.4 is 5.32 Å². The average Bonchev–Trinajstić information content (AvgIpc) is 3.15. The zero-order valence-electron chi connectivity index (χ0n) is 15.2. The van der Waals surface area contributed by atoms with Gasteiger partial charge >= 0.3 is 0 Å². The second-order valence-electron chi connectivity index (χ2n) is 7.43. The number of hydrogen-bond donors (Lipinski definition) is 1. The molecule has 1 aromatic rings. The molecule has 0 spiro atoms. The summed E-state index contributed by atoms with van der Waals surface area (Å²) < 4.78 is 18.7. The summed E-state index contributed by atoms with van der Waals surface area (Å²) in [6.07, 6.45) is 6.10. The van der Waals surface area contributed by atoms with Crippen molar-refractivity contribution in [2.75, 3.05) is 26.2 Å². The van der Waals surface area contributed by atoms with E-state index < -0.39 is 0 Å². The molecular formula is C20H28ClFN2O2. The standard InChI is InChI=1S/C20H28ClFN2O2/c21-19-12-17(22)5-4-16(19)14-24-9-7-15(8-10-24)3-6-20(25)23-13-18-2-1-11-26-18/h4-5,12,15,18H,1-3,6-11,13-14H2,(H,23,25)/t18-/m0/s1. The van der Waals surface area contributed by atoms with Crippen molar-refractivity contribution in [1.29, 1.82) is 0 Å². The number of halogens is 2. The molecule has 0 aromatic heterocycles. The van der Waals surface area contributed by atoms with Crippen LogP contribution in [0, 0.1) is 11.7 Å². The zero-order valence-corrected chi connectivity index (χ0v) is 15.9. The third-order valence-corrected chi connectivity index (χ3v) is 5.80. The van der Waals surface area contributed by atoms with E-state index >= 15 is 0 Å². The lowest BCUT2D eigenvalue weighted by Gasteiger charge is -2.32. The van der Waals surface area contributed by atoms with E-state index in [2.05, 4.69) is 10.2 Å². The van der Waals surface area contributed by atoms with Gasteiger partial charge in [-0.05, 0) is 68.8 Å². The number of piperidine rings is 1. The van der Waals surface area contributed by atoms with Crippen molar-refractivity contribution in [3.63, 3.8) is 0 Å². The van der Waals surface area contributed by atoms with Gasteiger partial charge in [-0.2, -0.15) is 0 Å². The first kappa shape index (κ1) is 19.6. The number of nitrogens with one attached hydrogen (secondary N) is 1. The second-order valence-corrected chi connectivity index (χ2v) is 7.84. The predicted molar refractivity (Wildman–Crippen MR) is 101 cm³/mol. The molecule has 2 heterocycles. The number of nitrogens with zero attached hydrogens (tertiary/aromatic N) is 1. The van der Waals surface area contributed by atoms with Crippen LogP contribution in [0.4, 0.5) is 4.39 Å². The minimum Gasteiger partial charge on any atom is -0.376 e. The largest absolute Gasteiger partial charge is 0.376 e. The Bertz CT molecular complexity index is 599. The fraction of sp³-hybridized carbons (Fsp3) is 0.650. The number of hydrogen-bond acceptors (Lipinski definition) is 3. The van der Waals surface area contributed by atoms with Crippen LogP contribution >= 0.6 is 11.6 Å². The Morgan fingerprint density at radius 1 is 1.31 bits per heavy atom. The lowest BCUT2D eigenvalue weighted by Crippen LogP contribution is -2.35. The average molecular weight is 383 g/mol. The van der Waals surface area contributed by atoms with Crippen molar-refractivity contribution in [3.8, 4) is 0 Å². The van der Waals surface area contributed by atoms with Gasteiger partial charge in [0.25, 0.3) is 0 Å². The van der Waals surface area contributed by atoms with E-state index in [0.717, 1.165) is 63.9 Å². The van der Waals surface area contributed by atoms with Crippen molar-refractivity contribution in [1.82, 2.24) is 10.2 Å². The van der Waals surface area contributed by atoms with Crippen LogP contribution in [0.1, 0.15) is 44.1 Å². The Labute approximate surface area is 160 Å². The molecule has 2 aliphatic heterocycles. The van der Waals surface area contributed by atoms with Crippen LogP contribution in [0.5, 0.6) is 0 Å². The van der Waals surface area contributed by atoms with E-state index in [1.54, 1.807) is 6.07 Å². The quantitative estimate of drug-likeness (QED) is 0.780. The molecule has 6 heteroatoms. The van der Waals surface area contributed by atoms with E-state index in [1.807, 2.05) is 0 Å². The Morgan fingerprint density at radius 3 is 2.81 bits per heavy atom. The summed E-state index contributed by atoms with van der Waals surface area (Å²) in [6, 6.07) is 4.60. The van der Waals surface area contributed by atoms with Gasteiger partial charge in [0.1, 0.15) is 5.82 Å². The molecule has 2 fully saturated rings. The third-order valence-electron chi connectivity index (χ3n) is 5.45. The molecule has 0 unspecified atom stereocenters. The fourth-order valence-corrected chi connectivity index (χ4v) is 4.01. The predicted octanol–water partition coefficient (Wildman–Crippen LogP) is 3.77. The van der Waals surface area contributed by atoms with Gasteiger partial charge in [0.2, 0.25) is 5.91 Å². The Morgan fingerprint density at radius 2 is 2.12 bits per heavy atom. The molecular weight excluding hydrogens is 355 g/mol. The molecule has 2 saturated heterocycles. The van der Waals surface area contributed by atoms with Crippen LogP contribution in [0.2, 0.25) is 5.02 Å². The smallest absolute Gasteiger partial charge is 0.220 e. The van der Waals surface area contributed by atoms with Gasteiger partial charge in [0.15, 0.2) is 0 Å². The van der Waals surface area contributed by atoms with Crippen LogP contribution in [0.3, 0.4) is 0 Å². The SMILES string of the molecule is O=C(CCC1CCN(Cc2ccc(F)cc2Cl)CC1)NC[C@@H]1CCCO1. The number of rotatable bonds is 7. The lowest BCUT2D eigenvalue weighted by molar-refractivity contribution is -0.122. The molecule has 1 atom stereocenters. The fourth-order valence-electron chi connectivity index (χ4n) is 3.78. The van der Waals surface area contributed by atoms with Gasteiger partial charge in [0.05, 0.1) is 6.10 Å². The first-order valence-electron chi connectivity index (χ1n) is 9.65. The highest BCUT2D eigenvalue weighted by Crippen LogP contribution is 2.25. The number of ether oxygens (including phenoxy) is 1. The molecule has 1 amide bonds. The van der Waals surface area contributed by atoms with Gasteiger partial charge in [0, 0.05) is 31.1 Å². The number of carbonyl (C=O) groups excluding carboxylic acids is 1. The minimum atomic E-state index is -0.296. The summed E-state index contributed by atoms with van der Waals surface area (Å²) in [4.78, 5) is 14.3. The molecule has 1 N–H and O–H groups in total. The lowest BCUT2D eigenvalue weighted by atomic mass is 9.92. The summed E-state index contributed by atoms with van der Waals surface area (Å²) in [5.74, 6) is 0.444. The number of carbonyl (C=O) groups is 1. The van der Waals surface area contributed by atoms with Gasteiger partial charge in [-0.25, -0.2) is 4.39 Å². The Balaban J connectivity index is 1.32. The molecule has 0 bridgehead atoms. The normalized spacial score (nSPS) is 21.8. The molecule has 2 aliphatic rings. The molecule has 1 aromatic carbocycles. The van der Waals surface area contributed by atoms with Crippen LogP contribution in [0.25, 0.3) is 0 Å². The van der Waals surface area contributed by atoms with Gasteiger partial charge in [-0.3, -0.25) is 9.69 Å². The summed E-state index contributed by atoms with van der Waals surface area (Å²) in [5.41, 5.74) is 0.972. The number of benzene rings is 1. The first-order valence-corrected chi connectivity index (χ1v) is 10.0. The van der Waals surface area contributed by atoms with Crippen molar-refractivity contribution >= 4 is 17.5 Å². The van der Waals surface area contributed by atoms with Crippen molar-refractivity contribution in [3.05, 3.63) is 34.6 Å². The van der Waals surface area contributed by atoms with Crippen LogP contribution in [-0.2, 0) is 16.1 Å². The number of amides is 1. The van der Waals surface area contributed by atoms with Gasteiger partial charge in [-0.1, -0.05) is 17.7 Å². The Kier molecular flexibility index (Phi) is 7.29. The molecule has 0 saturated carbocycles. The maximum absolute atomic E-state index is 13.1. The minimum absolute atomic E-state index is 0.140. The molecule has 26 heavy (non-hydrogen) atoms. The van der Waals surface area contributed by atoms with Crippen molar-refractivity contribution in [2.45, 2.75) is 51.2 Å². The maximum Gasteiger partial charge on any atom is 0.220 e. The first-order chi connectivity index (χ1) is 12.6. The third kappa shape index (κ3) is 5.93. The summed E-state index contributed by atoms with van der Waals surface area (Å²) in [5, 5.41) is 3.49. The molecule has 3 rings (SSSR count). The molecule has 144 valence electrons. The van der Waals surface area contributed by atoms with E-state index in [9.17, 15) is 9.18 Å². The maximum atomic E-state index is 13.1. The van der Waals surface area contributed by atoms with Gasteiger partial charge in [-0.15, -0.1) is 0 Å². The molecule has 4 nitrogen and oxygen atoms in total. The Hall–Kier alpha value is -1.17. The van der Waals surface area contributed by atoms with E-state index in [0.29, 0.717) is 23.9 Å². The highest BCUT2D eigenvalue weighted by atomic mass is 35.5. The summed E-state index contributed by atoms with van der Waals surface area (Å²) >= 11 is 6.12. The highest BCUT2D eigenvalue weighted by Gasteiger charge is 2.21. The van der Waals surface area contributed by atoms with E-state index in [1.165, 1.54) is 12.1 Å². The van der Waals surface area contributed by atoms with Gasteiger partial charge < -0.3 is 10.1 Å². The topological polar surface area (TPSA) is 41.6 Å². The van der Waals surface area contributed by atoms with E-state index in [4.69, 9.17) is 16.3 Å². The monoisotopic (exact) mass is 382 g/mol. The van der Waals surface area contributed by atoms with Crippen molar-refractivity contribution < 1.29 is 13.9 Å². The second kappa shape index (κ2) is 9.67. The van der Waals surface area contributed by atoms with E-state index in [-0.39, 0.29) is 17.8 Å². The highest BCUT2D eigenvalue weighted by molar-refractivity contribution is 6.31. The van der Waals surface area contributed by atoms with Crippen LogP contribution in [-0.4, -0.2) is 43.2 Å². The molecule has 0 aliphatic carbocycles. The zero-order chi connectivity index (χ0) is 18.4. The summed E-state index contributed by atoms with van der Waals surface area (Å²) in [7, 11) is 0. The van der Waals surface area contributed by atoms with Crippen molar-refractivity contribution in [2.24, 2.45) is 5.92 Å². The van der Waals surface area contributed by atoms with Crippen LogP contribution in [0.15, 0.2) is 18.2 Å².